The number of ether oxygens (including phenoxy) is 3. The highest BCUT2D eigenvalue weighted by atomic mass is 32.2. The normalized spacial score (nSPS) is 11.4. The number of benzene rings is 5. The minimum absolute atomic E-state index is 0.0250. The minimum atomic E-state index is -4.17. The second-order valence-corrected chi connectivity index (χ2v) is 12.0. The highest BCUT2D eigenvalue weighted by Crippen LogP contribution is 2.35. The Morgan fingerprint density at radius 3 is 2.29 bits per heavy atom. The molecule has 0 saturated heterocycles. The summed E-state index contributed by atoms with van der Waals surface area (Å²) in [7, 11) is -1.28. The van der Waals surface area contributed by atoms with E-state index in [1.54, 1.807) is 24.3 Å². The number of nitrogens with zero attached hydrogens (tertiary/aromatic N) is 2. The maximum Gasteiger partial charge on any atom is 0.264 e. The Bertz CT molecular complexity index is 1920. The van der Waals surface area contributed by atoms with E-state index in [-0.39, 0.29) is 16.3 Å². The van der Waals surface area contributed by atoms with Gasteiger partial charge in [-0.3, -0.25) is 9.10 Å². The number of carbonyl (C=O) groups excluding carboxylic acids is 1. The molecule has 0 aliphatic heterocycles. The van der Waals surface area contributed by atoms with Gasteiger partial charge in [-0.15, -0.1) is 0 Å². The largest absolute Gasteiger partial charge is 0.497 e. The molecule has 5 aromatic rings. The van der Waals surface area contributed by atoms with E-state index in [0.29, 0.717) is 23.7 Å². The Kier molecular flexibility index (Phi) is 9.64. The Hall–Kier alpha value is -5.35. The van der Waals surface area contributed by atoms with Crippen LogP contribution >= 0.6 is 0 Å². The molecule has 0 atom stereocenters. The quantitative estimate of drug-likeness (QED) is 0.133. The topological polar surface area (TPSA) is 107 Å². The van der Waals surface area contributed by atoms with Crippen molar-refractivity contribution in [3.63, 3.8) is 0 Å². The van der Waals surface area contributed by atoms with Crippen LogP contribution in [0.25, 0.3) is 10.8 Å². The third kappa shape index (κ3) is 7.42. The van der Waals surface area contributed by atoms with E-state index in [1.165, 1.54) is 38.6 Å². The number of hydrogen-bond acceptors (Lipinski definition) is 7. The number of hydrazone groups is 1. The third-order valence-electron chi connectivity index (χ3n) is 7.11. The van der Waals surface area contributed by atoms with Gasteiger partial charge in [0.25, 0.3) is 15.9 Å². The predicted molar refractivity (Wildman–Crippen MR) is 176 cm³/mol. The van der Waals surface area contributed by atoms with Crippen LogP contribution in [0.3, 0.4) is 0 Å². The van der Waals surface area contributed by atoms with Gasteiger partial charge in [0, 0.05) is 6.07 Å². The first kappa shape index (κ1) is 31.1. The fraction of sp³-hybridized carbons (Fsp3) is 0.143. The van der Waals surface area contributed by atoms with Gasteiger partial charge in [0.05, 0.1) is 31.0 Å². The summed E-state index contributed by atoms with van der Waals surface area (Å²) in [6.45, 7) is 1.72. The molecule has 0 fully saturated rings. The second kappa shape index (κ2) is 14.0. The van der Waals surface area contributed by atoms with Crippen molar-refractivity contribution in [2.24, 2.45) is 5.10 Å². The highest BCUT2D eigenvalue weighted by molar-refractivity contribution is 7.92. The molecular formula is C35H33N3O6S. The van der Waals surface area contributed by atoms with E-state index in [1.807, 2.05) is 55.5 Å². The molecule has 0 aliphatic carbocycles. The van der Waals surface area contributed by atoms with E-state index < -0.39 is 22.5 Å². The van der Waals surface area contributed by atoms with Gasteiger partial charge in [-0.05, 0) is 77.4 Å². The maximum atomic E-state index is 13.8. The molecule has 5 rings (SSSR count). The zero-order valence-electron chi connectivity index (χ0n) is 25.1. The summed E-state index contributed by atoms with van der Waals surface area (Å²) in [5.74, 6) is 0.693. The fourth-order valence-corrected chi connectivity index (χ4v) is 6.13. The van der Waals surface area contributed by atoms with Crippen molar-refractivity contribution < 1.29 is 27.4 Å². The summed E-state index contributed by atoms with van der Waals surface area (Å²) < 4.78 is 45.3. The molecule has 1 amide bonds. The molecule has 0 aliphatic rings. The lowest BCUT2D eigenvalue weighted by molar-refractivity contribution is -0.119. The average Bonchev–Trinajstić information content (AvgIpc) is 3.06. The lowest BCUT2D eigenvalue weighted by atomic mass is 10.1. The molecule has 0 saturated carbocycles. The number of rotatable bonds is 12. The van der Waals surface area contributed by atoms with Crippen molar-refractivity contribution in [3.05, 3.63) is 126 Å². The number of anilines is 1. The van der Waals surface area contributed by atoms with Gasteiger partial charge in [0.15, 0.2) is 0 Å². The van der Waals surface area contributed by atoms with Crippen molar-refractivity contribution in [2.75, 3.05) is 25.1 Å². The lowest BCUT2D eigenvalue weighted by Crippen LogP contribution is -2.39. The molecule has 9 nitrogen and oxygen atoms in total. The van der Waals surface area contributed by atoms with Gasteiger partial charge in [-0.1, -0.05) is 60.2 Å². The SMILES string of the molecule is COc1ccc(OC)c(N(CC(=O)N/N=C/c2ccc(OCc3cccc4ccccc34)cc2)S(=O)(=O)c2ccc(C)cc2)c1. The van der Waals surface area contributed by atoms with Crippen LogP contribution in [0.2, 0.25) is 0 Å². The number of aryl methyl sites for hydroxylation is 1. The van der Waals surface area contributed by atoms with Gasteiger partial charge in [0.1, 0.15) is 30.4 Å². The lowest BCUT2D eigenvalue weighted by Gasteiger charge is -2.25. The van der Waals surface area contributed by atoms with Crippen LogP contribution in [-0.4, -0.2) is 41.3 Å². The van der Waals surface area contributed by atoms with Crippen molar-refractivity contribution in [1.82, 2.24) is 5.43 Å². The van der Waals surface area contributed by atoms with Crippen molar-refractivity contribution in [1.29, 1.82) is 0 Å². The van der Waals surface area contributed by atoms with Crippen LogP contribution in [0.5, 0.6) is 17.2 Å². The Balaban J connectivity index is 1.27. The molecule has 0 heterocycles. The van der Waals surface area contributed by atoms with Crippen LogP contribution in [0.4, 0.5) is 5.69 Å². The summed E-state index contributed by atoms with van der Waals surface area (Å²) in [6.07, 6.45) is 1.47. The summed E-state index contributed by atoms with van der Waals surface area (Å²) >= 11 is 0. The van der Waals surface area contributed by atoms with Gasteiger partial charge < -0.3 is 14.2 Å². The molecule has 0 unspecified atom stereocenters. The Labute approximate surface area is 262 Å². The van der Waals surface area contributed by atoms with Crippen molar-refractivity contribution in [3.8, 4) is 17.2 Å². The molecule has 1 N–H and O–H groups in total. The predicted octanol–water partition coefficient (Wildman–Crippen LogP) is 6.09. The number of carbonyl (C=O) groups is 1. The van der Waals surface area contributed by atoms with Crippen LogP contribution < -0.4 is 23.9 Å². The number of hydrogen-bond donors (Lipinski definition) is 1. The monoisotopic (exact) mass is 623 g/mol. The zero-order chi connectivity index (χ0) is 31.8. The molecule has 0 aromatic heterocycles. The van der Waals surface area contributed by atoms with E-state index in [4.69, 9.17) is 14.2 Å². The number of fused-ring (bicyclic) bond motifs is 1. The molecule has 0 spiro atoms. The zero-order valence-corrected chi connectivity index (χ0v) is 26.0. The number of amides is 1. The first-order chi connectivity index (χ1) is 21.8. The average molecular weight is 624 g/mol. The van der Waals surface area contributed by atoms with E-state index in [0.717, 1.165) is 26.2 Å². The molecule has 45 heavy (non-hydrogen) atoms. The number of sulfonamides is 1. The van der Waals surface area contributed by atoms with Gasteiger partial charge >= 0.3 is 0 Å². The number of methoxy groups -OCH3 is 2. The third-order valence-corrected chi connectivity index (χ3v) is 8.88. The van der Waals surface area contributed by atoms with Crippen molar-refractivity contribution in [2.45, 2.75) is 18.4 Å². The van der Waals surface area contributed by atoms with Crippen LogP contribution in [0.15, 0.2) is 119 Å². The molecule has 10 heteroatoms. The van der Waals surface area contributed by atoms with Crippen molar-refractivity contribution >= 4 is 38.6 Å². The number of nitrogens with one attached hydrogen (secondary N) is 1. The first-order valence-corrected chi connectivity index (χ1v) is 15.6. The standard InChI is InChI=1S/C35H33N3O6S/c1-25-11-18-31(19-12-25)45(40,41)38(33-21-30(42-2)17-20-34(33)43-3)23-35(39)37-36-22-26-13-15-29(16-14-26)44-24-28-9-6-8-27-7-4-5-10-32(27)28/h4-22H,23-24H2,1-3H3,(H,37,39)/b36-22+. The molecule has 230 valence electrons. The second-order valence-electron chi connectivity index (χ2n) is 10.2. The van der Waals surface area contributed by atoms with E-state index >= 15 is 0 Å². The first-order valence-electron chi connectivity index (χ1n) is 14.1. The Morgan fingerprint density at radius 1 is 0.844 bits per heavy atom. The molecule has 0 radical (unpaired) electrons. The molecular weight excluding hydrogens is 590 g/mol. The van der Waals surface area contributed by atoms with Crippen LogP contribution in [0, 0.1) is 6.92 Å². The van der Waals surface area contributed by atoms with Crippen LogP contribution in [-0.2, 0) is 21.4 Å². The maximum absolute atomic E-state index is 13.8. The molecule has 5 aromatic carbocycles. The fourth-order valence-electron chi connectivity index (χ4n) is 4.70. The van der Waals surface area contributed by atoms with Gasteiger partial charge in [-0.2, -0.15) is 5.10 Å². The summed E-state index contributed by atoms with van der Waals surface area (Å²) in [5.41, 5.74) is 5.28. The van der Waals surface area contributed by atoms with E-state index in [2.05, 4.69) is 28.7 Å². The van der Waals surface area contributed by atoms with Gasteiger partial charge in [-0.25, -0.2) is 13.8 Å². The van der Waals surface area contributed by atoms with E-state index in [9.17, 15) is 13.2 Å². The summed E-state index contributed by atoms with van der Waals surface area (Å²) in [4.78, 5) is 13.1. The van der Waals surface area contributed by atoms with Gasteiger partial charge in [0.2, 0.25) is 0 Å². The van der Waals surface area contributed by atoms with Crippen LogP contribution in [0.1, 0.15) is 16.7 Å². The summed E-state index contributed by atoms with van der Waals surface area (Å²) in [6, 6.07) is 32.7. The minimum Gasteiger partial charge on any atom is -0.497 e. The highest BCUT2D eigenvalue weighted by Gasteiger charge is 2.30. The summed E-state index contributed by atoms with van der Waals surface area (Å²) in [5, 5.41) is 6.35. The Morgan fingerprint density at radius 2 is 1.56 bits per heavy atom. The molecule has 0 bridgehead atoms. The smallest absolute Gasteiger partial charge is 0.264 e.